The van der Waals surface area contributed by atoms with Gasteiger partial charge in [-0.1, -0.05) is 36.4 Å². The molecule has 4 nitrogen and oxygen atoms in total. The predicted molar refractivity (Wildman–Crippen MR) is 119 cm³/mol. The van der Waals surface area contributed by atoms with Crippen molar-refractivity contribution >= 4 is 29.9 Å². The SMILES string of the molecule is CCNC(=NCC1Cc2ccccc21)NCCc1ccc(OC)cc1.I. The van der Waals surface area contributed by atoms with Gasteiger partial charge in [0, 0.05) is 25.6 Å². The number of hydrogen-bond donors (Lipinski definition) is 2. The third kappa shape index (κ3) is 5.37. The fourth-order valence-corrected chi connectivity index (χ4v) is 3.19. The van der Waals surface area contributed by atoms with Gasteiger partial charge in [-0.05, 0) is 48.6 Å². The second kappa shape index (κ2) is 10.4. The molecule has 0 fully saturated rings. The van der Waals surface area contributed by atoms with Crippen molar-refractivity contribution in [2.45, 2.75) is 25.7 Å². The summed E-state index contributed by atoms with van der Waals surface area (Å²) in [5.74, 6) is 2.36. The minimum Gasteiger partial charge on any atom is -0.497 e. The van der Waals surface area contributed by atoms with Crippen LogP contribution in [0.5, 0.6) is 5.75 Å². The normalized spacial score (nSPS) is 15.3. The Morgan fingerprint density at radius 2 is 1.88 bits per heavy atom. The van der Waals surface area contributed by atoms with E-state index in [2.05, 4.69) is 54.0 Å². The lowest BCUT2D eigenvalue weighted by atomic mass is 9.78. The highest BCUT2D eigenvalue weighted by molar-refractivity contribution is 14.0. The Morgan fingerprint density at radius 3 is 2.58 bits per heavy atom. The first kappa shape index (κ1) is 20.6. The minimum absolute atomic E-state index is 0. The van der Waals surface area contributed by atoms with Crippen LogP contribution in [0.3, 0.4) is 0 Å². The average molecular weight is 465 g/mol. The van der Waals surface area contributed by atoms with E-state index in [4.69, 9.17) is 9.73 Å². The summed E-state index contributed by atoms with van der Waals surface area (Å²) in [4.78, 5) is 4.77. The topological polar surface area (TPSA) is 45.7 Å². The van der Waals surface area contributed by atoms with Crippen LogP contribution in [-0.2, 0) is 12.8 Å². The Balaban J connectivity index is 0.00000243. The quantitative estimate of drug-likeness (QED) is 0.372. The van der Waals surface area contributed by atoms with Crippen molar-refractivity contribution < 1.29 is 4.74 Å². The van der Waals surface area contributed by atoms with Gasteiger partial charge in [0.15, 0.2) is 5.96 Å². The zero-order chi connectivity index (χ0) is 17.5. The smallest absolute Gasteiger partial charge is 0.191 e. The molecule has 0 heterocycles. The summed E-state index contributed by atoms with van der Waals surface area (Å²) in [6.45, 7) is 4.67. The van der Waals surface area contributed by atoms with E-state index in [0.717, 1.165) is 44.2 Å². The van der Waals surface area contributed by atoms with Gasteiger partial charge in [0.25, 0.3) is 0 Å². The van der Waals surface area contributed by atoms with Gasteiger partial charge in [-0.25, -0.2) is 0 Å². The van der Waals surface area contributed by atoms with Gasteiger partial charge in [0.05, 0.1) is 7.11 Å². The molecule has 140 valence electrons. The number of aliphatic imine (C=N–C) groups is 1. The van der Waals surface area contributed by atoms with E-state index in [1.807, 2.05) is 12.1 Å². The number of ether oxygens (including phenoxy) is 1. The Hall–Kier alpha value is -1.76. The molecular weight excluding hydrogens is 437 g/mol. The molecule has 0 radical (unpaired) electrons. The lowest BCUT2D eigenvalue weighted by Gasteiger charge is -2.28. The minimum atomic E-state index is 0. The molecular formula is C21H28IN3O. The molecule has 5 heteroatoms. The van der Waals surface area contributed by atoms with Gasteiger partial charge in [-0.3, -0.25) is 4.99 Å². The molecule has 3 rings (SSSR count). The molecule has 0 aromatic heterocycles. The second-order valence-corrected chi connectivity index (χ2v) is 6.34. The highest BCUT2D eigenvalue weighted by Crippen LogP contribution is 2.34. The van der Waals surface area contributed by atoms with E-state index in [9.17, 15) is 0 Å². The largest absolute Gasteiger partial charge is 0.497 e. The average Bonchev–Trinajstić information content (AvgIpc) is 2.63. The van der Waals surface area contributed by atoms with Gasteiger partial charge >= 0.3 is 0 Å². The van der Waals surface area contributed by atoms with Crippen LogP contribution in [0, 0.1) is 0 Å². The predicted octanol–water partition coefficient (Wildman–Crippen LogP) is 3.75. The molecule has 1 aliphatic rings. The van der Waals surface area contributed by atoms with Gasteiger partial charge in [0.1, 0.15) is 5.75 Å². The number of nitrogens with one attached hydrogen (secondary N) is 2. The molecule has 0 aliphatic heterocycles. The lowest BCUT2D eigenvalue weighted by Crippen LogP contribution is -2.39. The zero-order valence-corrected chi connectivity index (χ0v) is 17.8. The lowest BCUT2D eigenvalue weighted by molar-refractivity contribution is 0.414. The summed E-state index contributed by atoms with van der Waals surface area (Å²) < 4.78 is 5.19. The highest BCUT2D eigenvalue weighted by Gasteiger charge is 2.24. The molecule has 1 aliphatic carbocycles. The third-order valence-corrected chi connectivity index (χ3v) is 4.64. The molecule has 1 atom stereocenters. The Bertz CT molecular complexity index is 715. The van der Waals surface area contributed by atoms with Crippen molar-refractivity contribution in [1.29, 1.82) is 0 Å². The van der Waals surface area contributed by atoms with E-state index < -0.39 is 0 Å². The number of hydrogen-bond acceptors (Lipinski definition) is 2. The van der Waals surface area contributed by atoms with E-state index in [1.165, 1.54) is 16.7 Å². The molecule has 2 N–H and O–H groups in total. The van der Waals surface area contributed by atoms with Crippen LogP contribution in [0.1, 0.15) is 29.5 Å². The monoisotopic (exact) mass is 465 g/mol. The Labute approximate surface area is 173 Å². The first-order valence-electron chi connectivity index (χ1n) is 9.03. The van der Waals surface area contributed by atoms with Crippen molar-refractivity contribution in [2.75, 3.05) is 26.7 Å². The van der Waals surface area contributed by atoms with E-state index in [0.29, 0.717) is 5.92 Å². The summed E-state index contributed by atoms with van der Waals surface area (Å²) >= 11 is 0. The summed E-state index contributed by atoms with van der Waals surface area (Å²) in [5, 5.41) is 6.77. The number of benzene rings is 2. The number of nitrogens with zero attached hydrogens (tertiary/aromatic N) is 1. The molecule has 0 saturated heterocycles. The Kier molecular flexibility index (Phi) is 8.22. The molecule has 0 bridgehead atoms. The molecule has 2 aromatic rings. The van der Waals surface area contributed by atoms with Crippen LogP contribution < -0.4 is 15.4 Å². The molecule has 26 heavy (non-hydrogen) atoms. The van der Waals surface area contributed by atoms with Crippen molar-refractivity contribution in [3.8, 4) is 5.75 Å². The number of methoxy groups -OCH3 is 1. The maximum Gasteiger partial charge on any atom is 0.191 e. The first-order chi connectivity index (χ1) is 12.3. The maximum atomic E-state index is 5.19. The van der Waals surface area contributed by atoms with Crippen LogP contribution in [-0.4, -0.2) is 32.7 Å². The number of halogens is 1. The summed E-state index contributed by atoms with van der Waals surface area (Å²) in [6, 6.07) is 16.9. The number of guanidine groups is 1. The first-order valence-corrected chi connectivity index (χ1v) is 9.03. The standard InChI is InChI=1S/C21H27N3O.HI/c1-3-22-21(23-13-12-16-8-10-19(25-2)11-9-16)24-15-18-14-17-6-4-5-7-20(17)18;/h4-11,18H,3,12-15H2,1-2H3,(H2,22,23,24);1H. The fourth-order valence-electron chi connectivity index (χ4n) is 3.19. The summed E-state index contributed by atoms with van der Waals surface area (Å²) in [5.41, 5.74) is 4.22. The third-order valence-electron chi connectivity index (χ3n) is 4.64. The van der Waals surface area contributed by atoms with E-state index in [-0.39, 0.29) is 24.0 Å². The highest BCUT2D eigenvalue weighted by atomic mass is 127. The molecule has 0 saturated carbocycles. The van der Waals surface area contributed by atoms with Crippen molar-refractivity contribution in [3.05, 3.63) is 65.2 Å². The van der Waals surface area contributed by atoms with Gasteiger partial charge in [-0.2, -0.15) is 0 Å². The fraction of sp³-hybridized carbons (Fsp3) is 0.381. The maximum absolute atomic E-state index is 5.19. The van der Waals surface area contributed by atoms with Crippen LogP contribution in [0.4, 0.5) is 0 Å². The van der Waals surface area contributed by atoms with Crippen LogP contribution >= 0.6 is 24.0 Å². The van der Waals surface area contributed by atoms with Crippen LogP contribution in [0.25, 0.3) is 0 Å². The Morgan fingerprint density at radius 1 is 1.12 bits per heavy atom. The molecule has 0 spiro atoms. The van der Waals surface area contributed by atoms with Gasteiger partial charge < -0.3 is 15.4 Å². The number of rotatable bonds is 7. The second-order valence-electron chi connectivity index (χ2n) is 6.34. The van der Waals surface area contributed by atoms with Crippen molar-refractivity contribution in [2.24, 2.45) is 4.99 Å². The van der Waals surface area contributed by atoms with E-state index >= 15 is 0 Å². The van der Waals surface area contributed by atoms with E-state index in [1.54, 1.807) is 7.11 Å². The summed E-state index contributed by atoms with van der Waals surface area (Å²) in [6.07, 6.45) is 2.10. The number of fused-ring (bicyclic) bond motifs is 1. The van der Waals surface area contributed by atoms with Gasteiger partial charge in [0.2, 0.25) is 0 Å². The summed E-state index contributed by atoms with van der Waals surface area (Å²) in [7, 11) is 1.69. The molecule has 0 amide bonds. The van der Waals surface area contributed by atoms with Crippen LogP contribution in [0.15, 0.2) is 53.5 Å². The molecule has 2 aromatic carbocycles. The zero-order valence-electron chi connectivity index (χ0n) is 15.5. The van der Waals surface area contributed by atoms with Gasteiger partial charge in [-0.15, -0.1) is 24.0 Å². The molecule has 1 unspecified atom stereocenters. The van der Waals surface area contributed by atoms with Crippen molar-refractivity contribution in [1.82, 2.24) is 10.6 Å². The van der Waals surface area contributed by atoms with Crippen molar-refractivity contribution in [3.63, 3.8) is 0 Å². The van der Waals surface area contributed by atoms with Crippen LogP contribution in [0.2, 0.25) is 0 Å².